The number of rotatable bonds is 4. The van der Waals surface area contributed by atoms with E-state index in [1.165, 1.54) is 16.8 Å². The summed E-state index contributed by atoms with van der Waals surface area (Å²) in [5.41, 5.74) is 3.96. The van der Waals surface area contributed by atoms with Gasteiger partial charge >= 0.3 is 11.8 Å². The van der Waals surface area contributed by atoms with E-state index in [0.717, 1.165) is 16.6 Å². The van der Waals surface area contributed by atoms with Crippen LogP contribution in [0.1, 0.15) is 10.5 Å². The molecule has 3 N–H and O–H groups in total. The van der Waals surface area contributed by atoms with Gasteiger partial charge in [-0.15, -0.1) is 0 Å². The van der Waals surface area contributed by atoms with E-state index < -0.39 is 23.5 Å². The topological polar surface area (TPSA) is 92.2 Å². The van der Waals surface area contributed by atoms with Crippen LogP contribution in [-0.4, -0.2) is 22.4 Å². The quantitative estimate of drug-likeness (QED) is 0.364. The number of aromatic nitrogens is 1. The number of fused-ring (bicyclic) bond motifs is 1. The minimum absolute atomic E-state index is 0.130. The van der Waals surface area contributed by atoms with Gasteiger partial charge in [0.15, 0.2) is 0 Å². The molecule has 3 aromatic carbocycles. The maximum absolute atomic E-state index is 13.1. The Hall–Kier alpha value is -3.98. The fourth-order valence-corrected chi connectivity index (χ4v) is 3.44. The van der Waals surface area contributed by atoms with Crippen molar-refractivity contribution in [2.45, 2.75) is 0 Å². The highest BCUT2D eigenvalue weighted by Crippen LogP contribution is 2.24. The Morgan fingerprint density at radius 2 is 1.47 bits per heavy atom. The summed E-state index contributed by atoms with van der Waals surface area (Å²) in [6, 6.07) is 20.7. The van der Waals surface area contributed by atoms with Crippen molar-refractivity contribution in [2.75, 3.05) is 16.1 Å². The summed E-state index contributed by atoms with van der Waals surface area (Å²) in [4.78, 5) is 37.8. The SMILES string of the molecule is O=C(Nc1ccc(F)cc1)C(=O)Nn1c(C(=O)Nc2ccccc2)cc2cc(Br)ccc21. The standard InChI is InChI=1S/C23H16BrFN4O3/c24-15-6-11-19-14(12-15)13-20(21(30)26-17-4-2-1-3-5-17)29(19)28-23(32)22(31)27-18-9-7-16(25)8-10-18/h1-13H,(H,26,30)(H,27,31)(H,28,32). The maximum Gasteiger partial charge on any atom is 0.328 e. The fraction of sp³-hybridized carbons (Fsp3) is 0. The molecular weight excluding hydrogens is 479 g/mol. The number of hydrogen-bond acceptors (Lipinski definition) is 3. The Bertz CT molecular complexity index is 1320. The highest BCUT2D eigenvalue weighted by atomic mass is 79.9. The van der Waals surface area contributed by atoms with E-state index in [0.29, 0.717) is 16.6 Å². The Balaban J connectivity index is 1.62. The largest absolute Gasteiger partial charge is 0.328 e. The number of nitrogens with one attached hydrogen (secondary N) is 3. The third-order valence-corrected chi connectivity index (χ3v) is 5.04. The number of carbonyl (C=O) groups is 3. The van der Waals surface area contributed by atoms with E-state index in [9.17, 15) is 18.8 Å². The molecule has 0 bridgehead atoms. The molecule has 0 unspecified atom stereocenters. The van der Waals surface area contributed by atoms with Crippen LogP contribution in [0.4, 0.5) is 15.8 Å². The van der Waals surface area contributed by atoms with Gasteiger partial charge in [-0.25, -0.2) is 9.07 Å². The van der Waals surface area contributed by atoms with Gasteiger partial charge in [0.25, 0.3) is 5.91 Å². The lowest BCUT2D eigenvalue weighted by molar-refractivity contribution is -0.133. The van der Waals surface area contributed by atoms with Crippen LogP contribution in [0.5, 0.6) is 0 Å². The van der Waals surface area contributed by atoms with Crippen LogP contribution in [0.25, 0.3) is 10.9 Å². The summed E-state index contributed by atoms with van der Waals surface area (Å²) in [6.07, 6.45) is 0. The van der Waals surface area contributed by atoms with Crippen molar-refractivity contribution in [1.82, 2.24) is 4.68 Å². The van der Waals surface area contributed by atoms with Gasteiger partial charge in [-0.3, -0.25) is 19.8 Å². The van der Waals surface area contributed by atoms with Gasteiger partial charge in [-0.05, 0) is 60.7 Å². The van der Waals surface area contributed by atoms with Crippen molar-refractivity contribution in [3.63, 3.8) is 0 Å². The molecule has 0 aliphatic carbocycles. The molecule has 7 nitrogen and oxygen atoms in total. The van der Waals surface area contributed by atoms with Crippen molar-refractivity contribution in [3.05, 3.63) is 94.8 Å². The zero-order chi connectivity index (χ0) is 22.7. The molecule has 1 heterocycles. The van der Waals surface area contributed by atoms with Gasteiger partial charge in [0.05, 0.1) is 5.52 Å². The molecule has 0 saturated heterocycles. The predicted octanol–water partition coefficient (Wildman–Crippen LogP) is 4.50. The summed E-state index contributed by atoms with van der Waals surface area (Å²) in [7, 11) is 0. The summed E-state index contributed by atoms with van der Waals surface area (Å²) in [6.45, 7) is 0. The van der Waals surface area contributed by atoms with Gasteiger partial charge in [-0.1, -0.05) is 34.1 Å². The number of benzene rings is 3. The van der Waals surface area contributed by atoms with E-state index in [1.54, 1.807) is 48.5 Å². The number of para-hydroxylation sites is 1. The lowest BCUT2D eigenvalue weighted by Crippen LogP contribution is -2.36. The van der Waals surface area contributed by atoms with Crippen LogP contribution in [0.15, 0.2) is 83.3 Å². The zero-order valence-electron chi connectivity index (χ0n) is 16.4. The maximum atomic E-state index is 13.1. The highest BCUT2D eigenvalue weighted by Gasteiger charge is 2.21. The summed E-state index contributed by atoms with van der Waals surface area (Å²) in [5.74, 6) is -2.90. The smallest absolute Gasteiger partial charge is 0.321 e. The highest BCUT2D eigenvalue weighted by molar-refractivity contribution is 9.10. The molecule has 4 rings (SSSR count). The zero-order valence-corrected chi connectivity index (χ0v) is 18.0. The van der Waals surface area contributed by atoms with E-state index in [2.05, 4.69) is 32.0 Å². The molecule has 160 valence electrons. The second kappa shape index (κ2) is 9.03. The fourth-order valence-electron chi connectivity index (χ4n) is 3.06. The predicted molar refractivity (Wildman–Crippen MR) is 123 cm³/mol. The van der Waals surface area contributed by atoms with E-state index in [-0.39, 0.29) is 11.4 Å². The van der Waals surface area contributed by atoms with Gasteiger partial charge < -0.3 is 10.6 Å². The van der Waals surface area contributed by atoms with Crippen molar-refractivity contribution in [1.29, 1.82) is 0 Å². The van der Waals surface area contributed by atoms with Crippen LogP contribution in [0.3, 0.4) is 0 Å². The first kappa shape index (κ1) is 21.3. The normalized spacial score (nSPS) is 10.6. The molecule has 0 saturated carbocycles. The van der Waals surface area contributed by atoms with Crippen LogP contribution < -0.4 is 16.1 Å². The molecule has 0 atom stereocenters. The van der Waals surface area contributed by atoms with Crippen molar-refractivity contribution < 1.29 is 18.8 Å². The van der Waals surface area contributed by atoms with Gasteiger partial charge in [-0.2, -0.15) is 0 Å². The minimum atomic E-state index is -0.997. The van der Waals surface area contributed by atoms with Crippen LogP contribution in [0, 0.1) is 5.82 Å². The summed E-state index contributed by atoms with van der Waals surface area (Å²) < 4.78 is 15.1. The van der Waals surface area contributed by atoms with E-state index in [1.807, 2.05) is 6.07 Å². The Kier molecular flexibility index (Phi) is 6.00. The number of nitrogens with zero attached hydrogens (tertiary/aromatic N) is 1. The molecule has 32 heavy (non-hydrogen) atoms. The van der Waals surface area contributed by atoms with Gasteiger partial charge in [0.2, 0.25) is 0 Å². The molecule has 0 aliphatic rings. The molecule has 4 aromatic rings. The number of halogens is 2. The first-order valence-electron chi connectivity index (χ1n) is 9.46. The molecule has 0 aliphatic heterocycles. The lowest BCUT2D eigenvalue weighted by Gasteiger charge is -2.13. The Labute approximate surface area is 190 Å². The average molecular weight is 495 g/mol. The Morgan fingerprint density at radius 1 is 0.781 bits per heavy atom. The first-order chi connectivity index (χ1) is 15.4. The number of hydrogen-bond donors (Lipinski definition) is 3. The monoisotopic (exact) mass is 494 g/mol. The minimum Gasteiger partial charge on any atom is -0.321 e. The van der Waals surface area contributed by atoms with Crippen molar-refractivity contribution in [2.24, 2.45) is 0 Å². The summed E-state index contributed by atoms with van der Waals surface area (Å²) >= 11 is 3.39. The third kappa shape index (κ3) is 4.68. The number of carbonyl (C=O) groups excluding carboxylic acids is 3. The van der Waals surface area contributed by atoms with E-state index in [4.69, 9.17) is 0 Å². The molecule has 0 fully saturated rings. The Morgan fingerprint density at radius 3 is 2.19 bits per heavy atom. The van der Waals surface area contributed by atoms with Crippen LogP contribution in [0.2, 0.25) is 0 Å². The molecule has 0 radical (unpaired) electrons. The van der Waals surface area contributed by atoms with Crippen LogP contribution >= 0.6 is 15.9 Å². The molecule has 0 spiro atoms. The van der Waals surface area contributed by atoms with Crippen molar-refractivity contribution in [3.8, 4) is 0 Å². The molecular formula is C23H16BrFN4O3. The number of anilines is 2. The molecule has 9 heteroatoms. The van der Waals surface area contributed by atoms with Gasteiger partial charge in [0, 0.05) is 21.2 Å². The second-order valence-corrected chi connectivity index (χ2v) is 7.71. The molecule has 1 aromatic heterocycles. The van der Waals surface area contributed by atoms with Crippen molar-refractivity contribution >= 4 is 55.9 Å². The molecule has 3 amide bonds. The van der Waals surface area contributed by atoms with Gasteiger partial charge in [0.1, 0.15) is 11.5 Å². The lowest BCUT2D eigenvalue weighted by atomic mass is 10.2. The second-order valence-electron chi connectivity index (χ2n) is 6.79. The first-order valence-corrected chi connectivity index (χ1v) is 10.3. The van der Waals surface area contributed by atoms with E-state index >= 15 is 0 Å². The average Bonchev–Trinajstić information content (AvgIpc) is 3.13. The third-order valence-electron chi connectivity index (χ3n) is 4.55. The van der Waals surface area contributed by atoms with Crippen LogP contribution in [-0.2, 0) is 9.59 Å². The number of amides is 3. The summed E-state index contributed by atoms with van der Waals surface area (Å²) in [5, 5.41) is 5.83.